The van der Waals surface area contributed by atoms with E-state index in [0.717, 1.165) is 11.1 Å². The molecule has 0 saturated carbocycles. The van der Waals surface area contributed by atoms with E-state index >= 15 is 0 Å². The minimum atomic E-state index is -0.276. The number of halogens is 2. The van der Waals surface area contributed by atoms with Crippen LogP contribution in [0.25, 0.3) is 11.3 Å². The van der Waals surface area contributed by atoms with E-state index in [0.29, 0.717) is 27.1 Å². The van der Waals surface area contributed by atoms with Crippen molar-refractivity contribution in [1.82, 2.24) is 5.43 Å². The fourth-order valence-corrected chi connectivity index (χ4v) is 2.80. The van der Waals surface area contributed by atoms with E-state index in [9.17, 15) is 4.79 Å². The number of rotatable bonds is 4. The SMILES string of the molecule is Cc1ccccc1C(=O)N/N=C/c1ccc(-c2ccc(Cl)cc2Cl)o1. The lowest BCUT2D eigenvalue weighted by Crippen LogP contribution is -2.18. The van der Waals surface area contributed by atoms with Crippen molar-refractivity contribution in [2.75, 3.05) is 0 Å². The summed E-state index contributed by atoms with van der Waals surface area (Å²) in [5.41, 5.74) is 4.67. The fourth-order valence-electron chi connectivity index (χ4n) is 2.30. The second-order valence-corrected chi connectivity index (χ2v) is 6.18. The Morgan fingerprint density at radius 3 is 2.68 bits per heavy atom. The monoisotopic (exact) mass is 372 g/mol. The highest BCUT2D eigenvalue weighted by atomic mass is 35.5. The quantitative estimate of drug-likeness (QED) is 0.497. The van der Waals surface area contributed by atoms with Crippen molar-refractivity contribution < 1.29 is 9.21 Å². The van der Waals surface area contributed by atoms with E-state index in [-0.39, 0.29) is 5.91 Å². The predicted molar refractivity (Wildman–Crippen MR) is 100 cm³/mol. The third kappa shape index (κ3) is 4.10. The average molecular weight is 373 g/mol. The van der Waals surface area contributed by atoms with Crippen LogP contribution >= 0.6 is 23.2 Å². The molecule has 0 aliphatic rings. The molecule has 3 rings (SSSR count). The summed E-state index contributed by atoms with van der Waals surface area (Å²) in [4.78, 5) is 12.1. The molecule has 0 unspecified atom stereocenters. The summed E-state index contributed by atoms with van der Waals surface area (Å²) in [6.45, 7) is 1.87. The number of hydrogen-bond donors (Lipinski definition) is 1. The molecule has 0 aliphatic heterocycles. The molecule has 0 bridgehead atoms. The summed E-state index contributed by atoms with van der Waals surface area (Å²) < 4.78 is 5.67. The maximum Gasteiger partial charge on any atom is 0.271 e. The van der Waals surface area contributed by atoms with E-state index in [2.05, 4.69) is 10.5 Å². The molecule has 0 saturated heterocycles. The lowest BCUT2D eigenvalue weighted by Gasteiger charge is -2.02. The molecule has 0 aliphatic carbocycles. The molecular weight excluding hydrogens is 359 g/mol. The molecule has 4 nitrogen and oxygen atoms in total. The largest absolute Gasteiger partial charge is 0.455 e. The Morgan fingerprint density at radius 2 is 1.92 bits per heavy atom. The number of nitrogens with zero attached hydrogens (tertiary/aromatic N) is 1. The minimum absolute atomic E-state index is 0.276. The third-order valence-corrected chi connectivity index (χ3v) is 4.12. The number of carbonyl (C=O) groups is 1. The van der Waals surface area contributed by atoms with Crippen LogP contribution in [0.4, 0.5) is 0 Å². The molecule has 1 amide bonds. The van der Waals surface area contributed by atoms with Gasteiger partial charge in [-0.25, -0.2) is 5.43 Å². The molecule has 0 fully saturated rings. The summed E-state index contributed by atoms with van der Waals surface area (Å²) in [5.74, 6) is 0.807. The van der Waals surface area contributed by atoms with Crippen LogP contribution in [-0.2, 0) is 0 Å². The molecule has 126 valence electrons. The molecule has 0 spiro atoms. The predicted octanol–water partition coefficient (Wildman–Crippen LogP) is 5.33. The maximum atomic E-state index is 12.1. The first kappa shape index (κ1) is 17.3. The molecule has 2 aromatic carbocycles. The van der Waals surface area contributed by atoms with Gasteiger partial charge >= 0.3 is 0 Å². The van der Waals surface area contributed by atoms with Gasteiger partial charge in [0.15, 0.2) is 0 Å². The smallest absolute Gasteiger partial charge is 0.271 e. The van der Waals surface area contributed by atoms with Gasteiger partial charge in [0.1, 0.15) is 11.5 Å². The molecule has 0 radical (unpaired) electrons. The Kier molecular flexibility index (Phi) is 5.22. The van der Waals surface area contributed by atoms with Crippen molar-refractivity contribution in [1.29, 1.82) is 0 Å². The van der Waals surface area contributed by atoms with Gasteiger partial charge in [0.2, 0.25) is 0 Å². The maximum absolute atomic E-state index is 12.1. The normalized spacial score (nSPS) is 11.0. The molecule has 25 heavy (non-hydrogen) atoms. The Balaban J connectivity index is 1.70. The van der Waals surface area contributed by atoms with Gasteiger partial charge in [-0.05, 0) is 48.9 Å². The zero-order valence-electron chi connectivity index (χ0n) is 13.3. The Morgan fingerprint density at radius 1 is 1.12 bits per heavy atom. The van der Waals surface area contributed by atoms with Crippen molar-refractivity contribution in [2.24, 2.45) is 5.10 Å². The van der Waals surface area contributed by atoms with Crippen LogP contribution < -0.4 is 5.43 Å². The van der Waals surface area contributed by atoms with Gasteiger partial charge in [-0.15, -0.1) is 0 Å². The van der Waals surface area contributed by atoms with Crippen LogP contribution in [0.2, 0.25) is 10.0 Å². The number of furan rings is 1. The number of hydrogen-bond acceptors (Lipinski definition) is 3. The van der Waals surface area contributed by atoms with Crippen LogP contribution in [0.5, 0.6) is 0 Å². The van der Waals surface area contributed by atoms with Crippen LogP contribution in [0.1, 0.15) is 21.7 Å². The molecule has 3 aromatic rings. The summed E-state index contributed by atoms with van der Waals surface area (Å²) in [6, 6.07) is 16.0. The molecule has 1 aromatic heterocycles. The molecule has 6 heteroatoms. The lowest BCUT2D eigenvalue weighted by molar-refractivity contribution is 0.0954. The van der Waals surface area contributed by atoms with Crippen molar-refractivity contribution in [3.05, 3.63) is 81.5 Å². The zero-order chi connectivity index (χ0) is 17.8. The molecule has 1 N–H and O–H groups in total. The second kappa shape index (κ2) is 7.55. The van der Waals surface area contributed by atoms with Crippen LogP contribution in [0, 0.1) is 6.92 Å². The second-order valence-electron chi connectivity index (χ2n) is 5.34. The zero-order valence-corrected chi connectivity index (χ0v) is 14.8. The fraction of sp³-hybridized carbons (Fsp3) is 0.0526. The summed E-state index contributed by atoms with van der Waals surface area (Å²) >= 11 is 12.1. The van der Waals surface area contributed by atoms with Gasteiger partial charge in [0, 0.05) is 16.1 Å². The number of hydrazone groups is 1. The van der Waals surface area contributed by atoms with Crippen LogP contribution in [0.3, 0.4) is 0 Å². The van der Waals surface area contributed by atoms with E-state index < -0.39 is 0 Å². The minimum Gasteiger partial charge on any atom is -0.455 e. The molecule has 0 atom stereocenters. The van der Waals surface area contributed by atoms with Gasteiger partial charge in [-0.1, -0.05) is 41.4 Å². The van der Waals surface area contributed by atoms with Gasteiger partial charge in [-0.3, -0.25) is 4.79 Å². The molecular formula is C19H14Cl2N2O2. The standard InChI is InChI=1S/C19H14Cl2N2O2/c1-12-4-2-3-5-15(12)19(24)23-22-11-14-7-9-18(25-14)16-8-6-13(20)10-17(16)21/h2-11H,1H3,(H,23,24)/b22-11+. The number of amides is 1. The van der Waals surface area contributed by atoms with E-state index in [1.165, 1.54) is 6.21 Å². The van der Waals surface area contributed by atoms with Crippen molar-refractivity contribution in [3.8, 4) is 11.3 Å². The third-order valence-electron chi connectivity index (χ3n) is 3.57. The number of benzene rings is 2. The first-order valence-corrected chi connectivity index (χ1v) is 8.24. The summed E-state index contributed by atoms with van der Waals surface area (Å²) in [7, 11) is 0. The highest BCUT2D eigenvalue weighted by molar-refractivity contribution is 6.36. The highest BCUT2D eigenvalue weighted by Gasteiger charge is 2.09. The summed E-state index contributed by atoms with van der Waals surface area (Å²) in [6.07, 6.45) is 1.43. The first-order valence-electron chi connectivity index (χ1n) is 7.49. The number of aryl methyl sites for hydroxylation is 1. The number of carbonyl (C=O) groups excluding carboxylic acids is 1. The van der Waals surface area contributed by atoms with Crippen molar-refractivity contribution in [3.63, 3.8) is 0 Å². The summed E-state index contributed by atoms with van der Waals surface area (Å²) in [5, 5.41) is 4.99. The van der Waals surface area contributed by atoms with Gasteiger partial charge in [0.25, 0.3) is 5.91 Å². The first-order chi connectivity index (χ1) is 12.0. The van der Waals surface area contributed by atoms with Gasteiger partial charge in [-0.2, -0.15) is 5.10 Å². The van der Waals surface area contributed by atoms with E-state index in [1.54, 1.807) is 42.5 Å². The average Bonchev–Trinajstić information content (AvgIpc) is 3.03. The van der Waals surface area contributed by atoms with Gasteiger partial charge < -0.3 is 4.42 Å². The number of nitrogens with one attached hydrogen (secondary N) is 1. The van der Waals surface area contributed by atoms with E-state index in [1.807, 2.05) is 19.1 Å². The lowest BCUT2D eigenvalue weighted by atomic mass is 10.1. The Bertz CT molecular complexity index is 948. The topological polar surface area (TPSA) is 54.6 Å². The van der Waals surface area contributed by atoms with Crippen molar-refractivity contribution >= 4 is 35.3 Å². The van der Waals surface area contributed by atoms with Crippen LogP contribution in [0.15, 0.2) is 64.1 Å². The molecule has 1 heterocycles. The van der Waals surface area contributed by atoms with E-state index in [4.69, 9.17) is 27.6 Å². The van der Waals surface area contributed by atoms with Crippen molar-refractivity contribution in [2.45, 2.75) is 6.92 Å². The Hall–Kier alpha value is -2.56. The van der Waals surface area contributed by atoms with Gasteiger partial charge in [0.05, 0.1) is 11.2 Å². The van der Waals surface area contributed by atoms with Crippen LogP contribution in [-0.4, -0.2) is 12.1 Å². The highest BCUT2D eigenvalue weighted by Crippen LogP contribution is 2.31. The Labute approximate surface area is 155 Å².